The molecule has 0 saturated carbocycles. The average Bonchev–Trinajstić information content (AvgIpc) is 2.67. The number of nitrogens with zero attached hydrogens (tertiary/aromatic N) is 2. The standard InChI is InChI=1S/C21H23N3O2/c1-24(2)20(15-8-10-16(26-3)11-9-15)14-23-21(25)18-12-13-22-19-7-5-4-6-17(18)19/h4-13,20H,14H2,1-3H3,(H,23,25). The molecule has 2 aromatic carbocycles. The quantitative estimate of drug-likeness (QED) is 0.742. The number of para-hydroxylation sites is 1. The summed E-state index contributed by atoms with van der Waals surface area (Å²) in [6.45, 7) is 0.509. The van der Waals surface area contributed by atoms with Crippen LogP contribution in [-0.2, 0) is 0 Å². The Hall–Kier alpha value is -2.92. The van der Waals surface area contributed by atoms with Gasteiger partial charge in [-0.15, -0.1) is 0 Å². The van der Waals surface area contributed by atoms with E-state index in [-0.39, 0.29) is 11.9 Å². The lowest BCUT2D eigenvalue weighted by Gasteiger charge is -2.25. The molecule has 0 bridgehead atoms. The van der Waals surface area contributed by atoms with E-state index >= 15 is 0 Å². The van der Waals surface area contributed by atoms with Crippen molar-refractivity contribution in [1.82, 2.24) is 15.2 Å². The molecule has 1 atom stereocenters. The molecule has 5 heteroatoms. The molecule has 26 heavy (non-hydrogen) atoms. The highest BCUT2D eigenvalue weighted by Crippen LogP contribution is 2.21. The smallest absolute Gasteiger partial charge is 0.252 e. The van der Waals surface area contributed by atoms with E-state index in [9.17, 15) is 4.79 Å². The molecule has 1 amide bonds. The van der Waals surface area contributed by atoms with Crippen molar-refractivity contribution >= 4 is 16.8 Å². The summed E-state index contributed by atoms with van der Waals surface area (Å²) in [5.41, 5.74) is 2.58. The van der Waals surface area contributed by atoms with Crippen LogP contribution < -0.4 is 10.1 Å². The highest BCUT2D eigenvalue weighted by molar-refractivity contribution is 6.05. The predicted octanol–water partition coefficient (Wildman–Crippen LogP) is 3.28. The fourth-order valence-corrected chi connectivity index (χ4v) is 3.00. The van der Waals surface area contributed by atoms with Crippen molar-refractivity contribution in [3.8, 4) is 5.75 Å². The zero-order valence-corrected chi connectivity index (χ0v) is 15.3. The molecule has 0 radical (unpaired) electrons. The van der Waals surface area contributed by atoms with Crippen LogP contribution in [0.2, 0.25) is 0 Å². The third-order valence-corrected chi connectivity index (χ3v) is 4.47. The molecule has 0 aliphatic heterocycles. The average molecular weight is 349 g/mol. The number of hydrogen-bond acceptors (Lipinski definition) is 4. The number of likely N-dealkylation sites (N-methyl/N-ethyl adjacent to an activating group) is 1. The largest absolute Gasteiger partial charge is 0.497 e. The highest BCUT2D eigenvalue weighted by Gasteiger charge is 2.17. The van der Waals surface area contributed by atoms with Crippen LogP contribution in [0.15, 0.2) is 60.8 Å². The molecule has 3 rings (SSSR count). The second-order valence-corrected chi connectivity index (χ2v) is 6.34. The first kappa shape index (κ1) is 17.9. The van der Waals surface area contributed by atoms with Gasteiger partial charge in [0.1, 0.15) is 5.75 Å². The van der Waals surface area contributed by atoms with Gasteiger partial charge in [0.05, 0.1) is 24.2 Å². The molecule has 0 spiro atoms. The number of amides is 1. The SMILES string of the molecule is COc1ccc(C(CNC(=O)c2ccnc3ccccc23)N(C)C)cc1. The Morgan fingerprint density at radius 1 is 1.12 bits per heavy atom. The second kappa shape index (κ2) is 7.97. The molecule has 1 N–H and O–H groups in total. The van der Waals surface area contributed by atoms with Gasteiger partial charge >= 0.3 is 0 Å². The van der Waals surface area contributed by atoms with Gasteiger partial charge in [0.2, 0.25) is 0 Å². The number of rotatable bonds is 6. The van der Waals surface area contributed by atoms with E-state index in [1.807, 2.05) is 62.6 Å². The molecule has 1 aromatic heterocycles. The Labute approximate surface area is 153 Å². The molecule has 1 unspecified atom stereocenters. The third kappa shape index (κ3) is 3.83. The lowest BCUT2D eigenvalue weighted by molar-refractivity contribution is 0.0943. The fourth-order valence-electron chi connectivity index (χ4n) is 3.00. The molecule has 0 fully saturated rings. The summed E-state index contributed by atoms with van der Waals surface area (Å²) in [6.07, 6.45) is 1.67. The summed E-state index contributed by atoms with van der Waals surface area (Å²) in [7, 11) is 5.66. The van der Waals surface area contributed by atoms with Gasteiger partial charge in [0.25, 0.3) is 5.91 Å². The number of carbonyl (C=O) groups excluding carboxylic acids is 1. The van der Waals surface area contributed by atoms with Crippen LogP contribution in [0.1, 0.15) is 22.0 Å². The van der Waals surface area contributed by atoms with Crippen molar-refractivity contribution in [2.75, 3.05) is 27.7 Å². The topological polar surface area (TPSA) is 54.5 Å². The maximum Gasteiger partial charge on any atom is 0.252 e. The number of benzene rings is 2. The molecule has 0 aliphatic carbocycles. The Balaban J connectivity index is 1.77. The second-order valence-electron chi connectivity index (χ2n) is 6.34. The number of pyridine rings is 1. The molecule has 1 heterocycles. The van der Waals surface area contributed by atoms with Crippen molar-refractivity contribution < 1.29 is 9.53 Å². The Kier molecular flexibility index (Phi) is 5.49. The fraction of sp³-hybridized carbons (Fsp3) is 0.238. The lowest BCUT2D eigenvalue weighted by Crippen LogP contribution is -2.34. The van der Waals surface area contributed by atoms with Gasteiger partial charge < -0.3 is 15.0 Å². The lowest BCUT2D eigenvalue weighted by atomic mass is 10.0. The van der Waals surface area contributed by atoms with E-state index in [0.717, 1.165) is 22.2 Å². The van der Waals surface area contributed by atoms with E-state index in [1.54, 1.807) is 19.4 Å². The van der Waals surface area contributed by atoms with Crippen molar-refractivity contribution in [3.63, 3.8) is 0 Å². The number of aromatic nitrogens is 1. The van der Waals surface area contributed by atoms with E-state index in [1.165, 1.54) is 0 Å². The molecule has 134 valence electrons. The number of nitrogens with one attached hydrogen (secondary N) is 1. The van der Waals surface area contributed by atoms with Crippen molar-refractivity contribution in [2.24, 2.45) is 0 Å². The van der Waals surface area contributed by atoms with Crippen molar-refractivity contribution in [2.45, 2.75) is 6.04 Å². The Morgan fingerprint density at radius 2 is 1.85 bits per heavy atom. The van der Waals surface area contributed by atoms with Gasteiger partial charge in [-0.05, 0) is 43.9 Å². The van der Waals surface area contributed by atoms with E-state index in [2.05, 4.69) is 15.2 Å². The molecular weight excluding hydrogens is 326 g/mol. The zero-order chi connectivity index (χ0) is 18.5. The molecule has 5 nitrogen and oxygen atoms in total. The summed E-state index contributed by atoms with van der Waals surface area (Å²) < 4.78 is 5.22. The third-order valence-electron chi connectivity index (χ3n) is 4.47. The summed E-state index contributed by atoms with van der Waals surface area (Å²) in [6, 6.07) is 17.4. The van der Waals surface area contributed by atoms with Crippen LogP contribution in [-0.4, -0.2) is 43.5 Å². The summed E-state index contributed by atoms with van der Waals surface area (Å²) in [5.74, 6) is 0.725. The Morgan fingerprint density at radius 3 is 2.54 bits per heavy atom. The first-order valence-electron chi connectivity index (χ1n) is 8.52. The van der Waals surface area contributed by atoms with Crippen LogP contribution in [0.5, 0.6) is 5.75 Å². The van der Waals surface area contributed by atoms with Crippen molar-refractivity contribution in [3.05, 3.63) is 71.9 Å². The number of hydrogen-bond donors (Lipinski definition) is 1. The predicted molar refractivity (Wildman–Crippen MR) is 103 cm³/mol. The van der Waals surface area contributed by atoms with Crippen molar-refractivity contribution in [1.29, 1.82) is 0 Å². The van der Waals surface area contributed by atoms with Crippen LogP contribution in [0.4, 0.5) is 0 Å². The van der Waals surface area contributed by atoms with Crippen LogP contribution in [0, 0.1) is 0 Å². The molecule has 0 aliphatic rings. The van der Waals surface area contributed by atoms with Gasteiger partial charge in [0.15, 0.2) is 0 Å². The van der Waals surface area contributed by atoms with Gasteiger partial charge in [0, 0.05) is 18.1 Å². The summed E-state index contributed by atoms with van der Waals surface area (Å²) in [5, 5.41) is 3.92. The van der Waals surface area contributed by atoms with Crippen LogP contribution >= 0.6 is 0 Å². The monoisotopic (exact) mass is 349 g/mol. The Bertz CT molecular complexity index is 886. The normalized spacial score (nSPS) is 12.2. The van der Waals surface area contributed by atoms with Crippen LogP contribution in [0.3, 0.4) is 0 Å². The van der Waals surface area contributed by atoms with Gasteiger partial charge in [-0.2, -0.15) is 0 Å². The van der Waals surface area contributed by atoms with E-state index in [0.29, 0.717) is 12.1 Å². The van der Waals surface area contributed by atoms with Gasteiger partial charge in [-0.1, -0.05) is 30.3 Å². The number of fused-ring (bicyclic) bond motifs is 1. The number of methoxy groups -OCH3 is 1. The van der Waals surface area contributed by atoms with Gasteiger partial charge in [-0.25, -0.2) is 0 Å². The summed E-state index contributed by atoms with van der Waals surface area (Å²) >= 11 is 0. The molecular formula is C21H23N3O2. The minimum Gasteiger partial charge on any atom is -0.497 e. The molecule has 0 saturated heterocycles. The zero-order valence-electron chi connectivity index (χ0n) is 15.3. The molecule has 3 aromatic rings. The number of carbonyl (C=O) groups is 1. The maximum atomic E-state index is 12.7. The minimum atomic E-state index is -0.0936. The first-order chi connectivity index (χ1) is 12.6. The maximum absolute atomic E-state index is 12.7. The highest BCUT2D eigenvalue weighted by atomic mass is 16.5. The summed E-state index contributed by atoms with van der Waals surface area (Å²) in [4.78, 5) is 19.1. The number of ether oxygens (including phenoxy) is 1. The van der Waals surface area contributed by atoms with Crippen LogP contribution in [0.25, 0.3) is 10.9 Å². The van der Waals surface area contributed by atoms with Gasteiger partial charge in [-0.3, -0.25) is 9.78 Å². The van der Waals surface area contributed by atoms with E-state index in [4.69, 9.17) is 4.74 Å². The minimum absolute atomic E-state index is 0.0676. The first-order valence-corrected chi connectivity index (χ1v) is 8.52. The van der Waals surface area contributed by atoms with E-state index < -0.39 is 0 Å².